The highest BCUT2D eigenvalue weighted by atomic mass is 16.3. The number of aromatic hydroxyl groups is 1. The van der Waals surface area contributed by atoms with Crippen LogP contribution in [0.25, 0.3) is 32.3 Å². The fourth-order valence-corrected chi connectivity index (χ4v) is 2.74. The third kappa shape index (κ3) is 1.55. The van der Waals surface area contributed by atoms with Gasteiger partial charge in [0.25, 0.3) is 0 Å². The molecule has 0 aliphatic carbocycles. The van der Waals surface area contributed by atoms with E-state index in [2.05, 4.69) is 48.5 Å². The minimum atomic E-state index is 0.313. The zero-order chi connectivity index (χ0) is 12.8. The van der Waals surface area contributed by atoms with Crippen molar-refractivity contribution in [1.82, 2.24) is 0 Å². The molecule has 0 atom stereocenters. The Kier molecular flexibility index (Phi) is 2.04. The first kappa shape index (κ1) is 10.4. The van der Waals surface area contributed by atoms with Gasteiger partial charge in [-0.2, -0.15) is 0 Å². The average molecular weight is 250 g/mol. The highest BCUT2D eigenvalue weighted by Crippen LogP contribution is 2.30. The van der Waals surface area contributed by atoms with E-state index in [9.17, 15) is 5.11 Å². The molecule has 4 rings (SSSR count). The number of hydrogen-bond donors (Lipinski definition) is 1. The SMILES string of the molecule is Oc1ccc2c(ccc3c[13c]4[13cH][13cH][13cH][13cH][13c]4cc32)c1. The maximum absolute atomic E-state index is 9.57. The van der Waals surface area contributed by atoms with Gasteiger partial charge in [-0.05, 0) is 56.6 Å². The van der Waals surface area contributed by atoms with Gasteiger partial charge in [0.2, 0.25) is 0 Å². The van der Waals surface area contributed by atoms with Crippen LogP contribution in [0.1, 0.15) is 0 Å². The lowest BCUT2D eigenvalue weighted by Gasteiger charge is -2.06. The lowest BCUT2D eigenvalue weighted by atomic mass is 10.0. The molecule has 0 spiro atoms. The Morgan fingerprint density at radius 1 is 0.526 bits per heavy atom. The quantitative estimate of drug-likeness (QED) is 0.349. The van der Waals surface area contributed by atoms with Crippen LogP contribution in [-0.2, 0) is 0 Å². The zero-order valence-corrected chi connectivity index (χ0v) is 10.3. The normalized spacial score (nSPS) is 11.4. The van der Waals surface area contributed by atoms with Crippen molar-refractivity contribution in [2.24, 2.45) is 0 Å². The van der Waals surface area contributed by atoms with Gasteiger partial charge in [0, 0.05) is 0 Å². The Morgan fingerprint density at radius 3 is 2.00 bits per heavy atom. The Hall–Kier alpha value is -2.54. The molecule has 0 amide bonds. The second kappa shape index (κ2) is 3.72. The van der Waals surface area contributed by atoms with Crippen LogP contribution in [0, 0.1) is 0 Å². The number of fused-ring (bicyclic) bond motifs is 4. The molecule has 0 aliphatic rings. The summed E-state index contributed by atoms with van der Waals surface area (Å²) in [6, 6.07) is 22.6. The molecule has 0 unspecified atom stereocenters. The predicted molar refractivity (Wildman–Crippen MR) is 80.6 cm³/mol. The van der Waals surface area contributed by atoms with Gasteiger partial charge in [0.15, 0.2) is 0 Å². The molecule has 4 aromatic rings. The number of benzene rings is 4. The molecule has 1 nitrogen and oxygen atoms in total. The molecular formula is C18H12O. The van der Waals surface area contributed by atoms with Crippen LogP contribution in [0.3, 0.4) is 0 Å². The van der Waals surface area contributed by atoms with Gasteiger partial charge in [-0.25, -0.2) is 0 Å². The van der Waals surface area contributed by atoms with E-state index >= 15 is 0 Å². The van der Waals surface area contributed by atoms with Crippen molar-refractivity contribution in [2.75, 3.05) is 0 Å². The van der Waals surface area contributed by atoms with Crippen molar-refractivity contribution in [3.63, 3.8) is 0 Å². The fraction of sp³-hybridized carbons (Fsp3) is 0. The highest BCUT2D eigenvalue weighted by molar-refractivity contribution is 6.12. The van der Waals surface area contributed by atoms with Crippen molar-refractivity contribution in [3.8, 4) is 5.75 Å². The third-order valence-electron chi connectivity index (χ3n) is 3.69. The number of rotatable bonds is 0. The van der Waals surface area contributed by atoms with Gasteiger partial charge in [-0.1, -0.05) is 42.5 Å². The zero-order valence-electron chi connectivity index (χ0n) is 10.3. The number of phenols is 1. The van der Waals surface area contributed by atoms with Crippen molar-refractivity contribution in [3.05, 3.63) is 66.7 Å². The van der Waals surface area contributed by atoms with Crippen molar-refractivity contribution >= 4 is 32.3 Å². The van der Waals surface area contributed by atoms with E-state index in [0.29, 0.717) is 5.75 Å². The predicted octanol–water partition coefficient (Wildman–Crippen LogP) is 4.85. The second-order valence-electron chi connectivity index (χ2n) is 4.89. The summed E-state index contributed by atoms with van der Waals surface area (Å²) in [6.45, 7) is 0. The Bertz CT molecular complexity index is 922. The molecule has 0 saturated carbocycles. The largest absolute Gasteiger partial charge is 0.508 e. The van der Waals surface area contributed by atoms with Crippen molar-refractivity contribution < 1.29 is 5.11 Å². The molecule has 0 radical (unpaired) electrons. The first-order valence-corrected chi connectivity index (χ1v) is 6.35. The minimum Gasteiger partial charge on any atom is -0.508 e. The summed E-state index contributed by atoms with van der Waals surface area (Å²) >= 11 is 0. The van der Waals surface area contributed by atoms with Gasteiger partial charge < -0.3 is 5.11 Å². The molecule has 0 aromatic heterocycles. The molecule has 0 heterocycles. The first-order valence-electron chi connectivity index (χ1n) is 6.35. The summed E-state index contributed by atoms with van der Waals surface area (Å²) < 4.78 is 0. The lowest BCUT2D eigenvalue weighted by Crippen LogP contribution is -1.79. The molecule has 0 bridgehead atoms. The van der Waals surface area contributed by atoms with Gasteiger partial charge in [0.05, 0.1) is 0 Å². The van der Waals surface area contributed by atoms with E-state index < -0.39 is 0 Å². The van der Waals surface area contributed by atoms with Crippen LogP contribution >= 0.6 is 0 Å². The van der Waals surface area contributed by atoms with E-state index in [1.54, 1.807) is 6.07 Å². The summed E-state index contributed by atoms with van der Waals surface area (Å²) in [4.78, 5) is 0. The van der Waals surface area contributed by atoms with Crippen LogP contribution in [0.5, 0.6) is 5.75 Å². The first-order chi connectivity index (χ1) is 9.31. The van der Waals surface area contributed by atoms with E-state index in [-0.39, 0.29) is 0 Å². The van der Waals surface area contributed by atoms with Gasteiger partial charge >= 0.3 is 0 Å². The smallest absolute Gasteiger partial charge is 0.116 e. The standard InChI is InChI=1S/C18H12O/c19-16-7-8-17-15(10-16)6-5-14-9-12-3-1-2-4-13(12)11-18(14)17/h1-11,19H/i1+1,2+1,3+1,4+1,12+1,13+1. The fourth-order valence-electron chi connectivity index (χ4n) is 2.74. The Morgan fingerprint density at radius 2 is 1.21 bits per heavy atom. The van der Waals surface area contributed by atoms with Crippen LogP contribution in [-0.4, -0.2) is 5.11 Å². The summed E-state index contributed by atoms with van der Waals surface area (Å²) in [5.74, 6) is 0.313. The summed E-state index contributed by atoms with van der Waals surface area (Å²) in [7, 11) is 0. The van der Waals surface area contributed by atoms with E-state index in [4.69, 9.17) is 0 Å². The minimum absolute atomic E-state index is 0.313. The maximum Gasteiger partial charge on any atom is 0.116 e. The summed E-state index contributed by atoms with van der Waals surface area (Å²) in [5, 5.41) is 16.8. The van der Waals surface area contributed by atoms with E-state index in [0.717, 1.165) is 5.39 Å². The summed E-state index contributed by atoms with van der Waals surface area (Å²) in [6.07, 6.45) is 0. The highest BCUT2D eigenvalue weighted by Gasteiger charge is 2.03. The van der Waals surface area contributed by atoms with Gasteiger partial charge in [-0.3, -0.25) is 0 Å². The molecule has 19 heavy (non-hydrogen) atoms. The van der Waals surface area contributed by atoms with E-state index in [1.807, 2.05) is 12.1 Å². The monoisotopic (exact) mass is 250 g/mol. The lowest BCUT2D eigenvalue weighted by molar-refractivity contribution is 0.476. The summed E-state index contributed by atoms with van der Waals surface area (Å²) in [5.41, 5.74) is 0. The Labute approximate surface area is 110 Å². The molecular weight excluding hydrogens is 238 g/mol. The number of hydrogen-bond acceptors (Lipinski definition) is 1. The van der Waals surface area contributed by atoms with Crippen LogP contribution in [0.4, 0.5) is 0 Å². The van der Waals surface area contributed by atoms with Gasteiger partial charge in [-0.15, -0.1) is 0 Å². The van der Waals surface area contributed by atoms with Crippen molar-refractivity contribution in [2.45, 2.75) is 0 Å². The Balaban J connectivity index is 2.22. The molecule has 4 aromatic carbocycles. The molecule has 1 heteroatoms. The maximum atomic E-state index is 9.57. The van der Waals surface area contributed by atoms with Crippen molar-refractivity contribution in [1.29, 1.82) is 0 Å². The average Bonchev–Trinajstić information content (AvgIpc) is 2.44. The third-order valence-corrected chi connectivity index (χ3v) is 3.69. The topological polar surface area (TPSA) is 20.2 Å². The molecule has 0 saturated heterocycles. The molecule has 0 aliphatic heterocycles. The van der Waals surface area contributed by atoms with Gasteiger partial charge in [0.1, 0.15) is 5.75 Å². The van der Waals surface area contributed by atoms with Crippen LogP contribution in [0.15, 0.2) is 66.7 Å². The second-order valence-corrected chi connectivity index (χ2v) is 4.89. The molecule has 1 N–H and O–H groups in total. The van der Waals surface area contributed by atoms with Crippen LogP contribution in [0.2, 0.25) is 0 Å². The van der Waals surface area contributed by atoms with Crippen LogP contribution < -0.4 is 0 Å². The van der Waals surface area contributed by atoms with E-state index in [1.165, 1.54) is 26.9 Å². The molecule has 90 valence electrons. The molecule has 0 fully saturated rings. The number of phenolic OH excluding ortho intramolecular Hbond substituents is 1.